The zero-order valence-electron chi connectivity index (χ0n) is 21.9. The monoisotopic (exact) mass is 484 g/mol. The summed E-state index contributed by atoms with van der Waals surface area (Å²) in [6, 6.07) is 0.361. The number of cyclic esters (lactones) is 1. The second kappa shape index (κ2) is 8.31. The topological polar surface area (TPSA) is 78.9 Å². The van der Waals surface area contributed by atoms with E-state index in [0.717, 1.165) is 76.3 Å². The van der Waals surface area contributed by atoms with Crippen LogP contribution in [-0.4, -0.2) is 59.8 Å². The molecular weight excluding hydrogens is 440 g/mol. The quantitative estimate of drug-likeness (QED) is 0.596. The Morgan fingerprint density at radius 3 is 2.63 bits per heavy atom. The Morgan fingerprint density at radius 2 is 1.91 bits per heavy atom. The van der Waals surface area contributed by atoms with Gasteiger partial charge in [-0.3, -0.25) is 4.79 Å². The molecule has 0 spiro atoms. The molecule has 6 aliphatic rings. The van der Waals surface area contributed by atoms with Gasteiger partial charge in [-0.05, 0) is 112 Å². The SMILES string of the molecule is CN(C(=O)[C@H]1CCCN1)[C@H]1CC[C@@]2(C)[C@H](CC[C@@H]3[C@@H]2CC[C@]2(C)[C@@H](C4=CC(=O)OC4)CC[C@]32O)C1. The minimum Gasteiger partial charge on any atom is -0.458 e. The maximum atomic E-state index is 13.1. The van der Waals surface area contributed by atoms with Crippen LogP contribution in [0.4, 0.5) is 0 Å². The fourth-order valence-electron chi connectivity index (χ4n) is 10.1. The Hall–Kier alpha value is -1.40. The minimum absolute atomic E-state index is 0.0142. The smallest absolute Gasteiger partial charge is 0.331 e. The van der Waals surface area contributed by atoms with Gasteiger partial charge in [0.25, 0.3) is 0 Å². The number of hydrogen-bond acceptors (Lipinski definition) is 5. The summed E-state index contributed by atoms with van der Waals surface area (Å²) >= 11 is 0. The molecule has 6 nitrogen and oxygen atoms in total. The maximum Gasteiger partial charge on any atom is 0.331 e. The summed E-state index contributed by atoms with van der Waals surface area (Å²) in [7, 11) is 2.03. The molecule has 2 aliphatic heterocycles. The first kappa shape index (κ1) is 24.0. The predicted molar refractivity (Wildman–Crippen MR) is 133 cm³/mol. The van der Waals surface area contributed by atoms with Crippen LogP contribution in [0, 0.1) is 34.5 Å². The van der Waals surface area contributed by atoms with Crippen molar-refractivity contribution in [3.05, 3.63) is 11.6 Å². The van der Waals surface area contributed by atoms with E-state index in [1.807, 2.05) is 7.05 Å². The number of carbonyl (C=O) groups is 2. The lowest BCUT2D eigenvalue weighted by atomic mass is 9.43. The van der Waals surface area contributed by atoms with E-state index in [1.54, 1.807) is 6.08 Å². The lowest BCUT2D eigenvalue weighted by Gasteiger charge is -2.64. The van der Waals surface area contributed by atoms with Crippen molar-refractivity contribution in [2.24, 2.45) is 34.5 Å². The van der Waals surface area contributed by atoms with Crippen LogP contribution in [0.1, 0.15) is 84.5 Å². The second-order valence-electron chi connectivity index (χ2n) is 13.3. The number of carbonyl (C=O) groups excluding carboxylic acids is 2. The zero-order valence-corrected chi connectivity index (χ0v) is 21.9. The van der Waals surface area contributed by atoms with Gasteiger partial charge in [0.1, 0.15) is 6.61 Å². The van der Waals surface area contributed by atoms with Crippen molar-refractivity contribution in [3.8, 4) is 0 Å². The summed E-state index contributed by atoms with van der Waals surface area (Å²) in [5.41, 5.74) is 0.529. The van der Waals surface area contributed by atoms with Gasteiger partial charge >= 0.3 is 5.97 Å². The van der Waals surface area contributed by atoms with Crippen LogP contribution < -0.4 is 5.32 Å². The van der Waals surface area contributed by atoms with Gasteiger partial charge in [-0.25, -0.2) is 4.79 Å². The Kier molecular flexibility index (Phi) is 5.69. The van der Waals surface area contributed by atoms with E-state index in [9.17, 15) is 14.7 Å². The van der Waals surface area contributed by atoms with Crippen molar-refractivity contribution in [2.45, 2.75) is 102 Å². The number of esters is 1. The van der Waals surface area contributed by atoms with Gasteiger partial charge in [-0.1, -0.05) is 13.8 Å². The Bertz CT molecular complexity index is 928. The molecule has 2 N–H and O–H groups in total. The van der Waals surface area contributed by atoms with Crippen LogP contribution in [0.5, 0.6) is 0 Å². The molecule has 2 heterocycles. The van der Waals surface area contributed by atoms with Gasteiger partial charge in [-0.2, -0.15) is 0 Å². The third kappa shape index (κ3) is 3.41. The van der Waals surface area contributed by atoms with E-state index in [1.165, 1.54) is 6.42 Å². The molecule has 0 aromatic rings. The molecule has 6 heteroatoms. The molecule has 0 unspecified atom stereocenters. The lowest BCUT2D eigenvalue weighted by Crippen LogP contribution is -2.63. The molecule has 5 fully saturated rings. The van der Waals surface area contributed by atoms with E-state index in [0.29, 0.717) is 30.4 Å². The average Bonchev–Trinajstić information content (AvgIpc) is 3.57. The molecule has 0 bridgehead atoms. The number of nitrogens with one attached hydrogen (secondary N) is 1. The summed E-state index contributed by atoms with van der Waals surface area (Å²) in [5, 5.41) is 15.8. The highest BCUT2D eigenvalue weighted by atomic mass is 16.5. The van der Waals surface area contributed by atoms with Gasteiger partial charge in [0.2, 0.25) is 5.91 Å². The van der Waals surface area contributed by atoms with Gasteiger partial charge in [0.05, 0.1) is 11.6 Å². The van der Waals surface area contributed by atoms with Gasteiger partial charge in [0, 0.05) is 24.6 Å². The van der Waals surface area contributed by atoms with Crippen LogP contribution in [-0.2, 0) is 14.3 Å². The molecule has 6 rings (SSSR count). The number of ether oxygens (including phenoxy) is 1. The van der Waals surface area contributed by atoms with Crippen molar-refractivity contribution in [2.75, 3.05) is 20.2 Å². The first-order chi connectivity index (χ1) is 16.7. The van der Waals surface area contributed by atoms with E-state index >= 15 is 0 Å². The standard InChI is InChI=1S/C29H44N2O4/c1-27-11-8-20(31(3)26(33)24-5-4-14-30-24)16-19(27)6-7-23-22(27)9-12-28(2)21(10-13-29(23,28)34)18-15-25(32)35-17-18/h15,19-24,30,34H,4-14,16-17H2,1-3H3/t19-,20+,21-,22+,23-,24-,27+,28-,29+/m1/s1. The molecule has 0 aromatic carbocycles. The summed E-state index contributed by atoms with van der Waals surface area (Å²) < 4.78 is 5.26. The summed E-state index contributed by atoms with van der Waals surface area (Å²) in [6.07, 6.45) is 13.4. The number of hydrogen-bond donors (Lipinski definition) is 2. The third-order valence-electron chi connectivity index (χ3n) is 12.2. The molecule has 35 heavy (non-hydrogen) atoms. The summed E-state index contributed by atoms with van der Waals surface area (Å²) in [4.78, 5) is 26.9. The van der Waals surface area contributed by atoms with Crippen molar-refractivity contribution in [1.82, 2.24) is 10.2 Å². The van der Waals surface area contributed by atoms with Crippen molar-refractivity contribution >= 4 is 11.9 Å². The van der Waals surface area contributed by atoms with Gasteiger partial charge in [0.15, 0.2) is 0 Å². The highest BCUT2D eigenvalue weighted by Gasteiger charge is 2.67. The summed E-state index contributed by atoms with van der Waals surface area (Å²) in [5.74, 6) is 1.84. The molecule has 1 amide bonds. The molecule has 4 saturated carbocycles. The Labute approximate surface area is 210 Å². The number of amides is 1. The zero-order chi connectivity index (χ0) is 24.6. The lowest BCUT2D eigenvalue weighted by molar-refractivity contribution is -0.206. The Balaban J connectivity index is 1.19. The molecule has 0 radical (unpaired) electrons. The molecule has 194 valence electrons. The van der Waals surface area contributed by atoms with Crippen LogP contribution >= 0.6 is 0 Å². The molecule has 9 atom stereocenters. The van der Waals surface area contributed by atoms with E-state index in [4.69, 9.17) is 4.74 Å². The third-order valence-corrected chi connectivity index (χ3v) is 12.2. The van der Waals surface area contributed by atoms with Crippen LogP contribution in [0.25, 0.3) is 0 Å². The van der Waals surface area contributed by atoms with Crippen LogP contribution in [0.15, 0.2) is 11.6 Å². The maximum absolute atomic E-state index is 13.1. The first-order valence-corrected chi connectivity index (χ1v) is 14.3. The minimum atomic E-state index is -0.654. The highest BCUT2D eigenvalue weighted by Crippen LogP contribution is 2.70. The number of fused-ring (bicyclic) bond motifs is 5. The Morgan fingerprint density at radius 1 is 1.09 bits per heavy atom. The number of likely N-dealkylation sites (N-methyl/N-ethyl adjacent to an activating group) is 1. The predicted octanol–water partition coefficient (Wildman–Crippen LogP) is 3.82. The number of aliphatic hydroxyl groups is 1. The van der Waals surface area contributed by atoms with Crippen molar-refractivity contribution in [1.29, 1.82) is 0 Å². The average molecular weight is 485 g/mol. The van der Waals surface area contributed by atoms with Crippen LogP contribution in [0.2, 0.25) is 0 Å². The van der Waals surface area contributed by atoms with Crippen molar-refractivity contribution < 1.29 is 19.4 Å². The van der Waals surface area contributed by atoms with E-state index in [2.05, 4.69) is 24.1 Å². The fourth-order valence-corrected chi connectivity index (χ4v) is 10.1. The summed E-state index contributed by atoms with van der Waals surface area (Å²) in [6.45, 7) is 6.18. The van der Waals surface area contributed by atoms with Gasteiger partial charge < -0.3 is 20.1 Å². The highest BCUT2D eigenvalue weighted by molar-refractivity contribution is 5.85. The second-order valence-corrected chi connectivity index (χ2v) is 13.3. The molecule has 0 aromatic heterocycles. The normalized spacial score (nSPS) is 49.0. The molecule has 1 saturated heterocycles. The molecule has 4 aliphatic carbocycles. The fraction of sp³-hybridized carbons (Fsp3) is 0.862. The van der Waals surface area contributed by atoms with Gasteiger partial charge in [-0.15, -0.1) is 0 Å². The largest absolute Gasteiger partial charge is 0.458 e. The van der Waals surface area contributed by atoms with Crippen LogP contribution in [0.3, 0.4) is 0 Å². The first-order valence-electron chi connectivity index (χ1n) is 14.3. The number of nitrogens with zero attached hydrogens (tertiary/aromatic N) is 1. The van der Waals surface area contributed by atoms with E-state index < -0.39 is 5.60 Å². The van der Waals surface area contributed by atoms with Crippen molar-refractivity contribution in [3.63, 3.8) is 0 Å². The molecular formula is C29H44N2O4. The van der Waals surface area contributed by atoms with E-state index in [-0.39, 0.29) is 34.7 Å². The number of rotatable bonds is 3.